The van der Waals surface area contributed by atoms with Crippen molar-refractivity contribution in [2.75, 3.05) is 0 Å². The zero-order valence-corrected chi connectivity index (χ0v) is 15.9. The number of allylic oxidation sites excluding steroid dienone is 16. The summed E-state index contributed by atoms with van der Waals surface area (Å²) in [6.07, 6.45) is 25.8. The van der Waals surface area contributed by atoms with Crippen LogP contribution < -0.4 is 0 Å². The van der Waals surface area contributed by atoms with Crippen LogP contribution in [0, 0.1) is 0 Å². The quantitative estimate of drug-likeness (QED) is 0.405. The van der Waals surface area contributed by atoms with Crippen molar-refractivity contribution >= 4 is 11.9 Å². The zero-order chi connectivity index (χ0) is 20.5. The van der Waals surface area contributed by atoms with E-state index in [1.54, 1.807) is 18.2 Å². The van der Waals surface area contributed by atoms with Crippen LogP contribution in [-0.2, 0) is 9.59 Å². The maximum Gasteiger partial charge on any atom is 0.328 e. The number of hydrogen-bond acceptors (Lipinski definition) is 2. The second-order valence-corrected chi connectivity index (χ2v) is 5.59. The number of aliphatic carboxylic acids is 2. The second-order valence-electron chi connectivity index (χ2n) is 5.59. The maximum atomic E-state index is 10.4. The van der Waals surface area contributed by atoms with Gasteiger partial charge in [-0.05, 0) is 20.8 Å². The first-order chi connectivity index (χ1) is 12.8. The van der Waals surface area contributed by atoms with Crippen LogP contribution in [0.15, 0.2) is 108 Å². The van der Waals surface area contributed by atoms with E-state index < -0.39 is 11.9 Å². The highest BCUT2D eigenvalue weighted by Gasteiger charge is 1.85. The highest BCUT2D eigenvalue weighted by molar-refractivity contribution is 5.80. The Balaban J connectivity index is 4.53. The predicted octanol–water partition coefficient (Wildman–Crippen LogP) is 5.33. The molecule has 0 saturated carbocycles. The van der Waals surface area contributed by atoms with E-state index in [0.717, 1.165) is 28.9 Å². The maximum absolute atomic E-state index is 10.4. The lowest BCUT2D eigenvalue weighted by molar-refractivity contribution is -0.132. The van der Waals surface area contributed by atoms with Gasteiger partial charge < -0.3 is 10.2 Å². The standard InChI is InChI=1S/C23H26O4/c1-19(11-6-4-5-7-16-22(24)25)12-8-9-13-20(2)14-10-15-21(3)17-18-23(26)27/h4-18H,1-3H3,(H,24,25)(H,26,27)/b5-4?,9-8+,11-6?,14-10+,16-7?,18-17+,19-12?,20-13+,21-15+. The number of rotatable bonds is 10. The lowest BCUT2D eigenvalue weighted by atomic mass is 10.2. The van der Waals surface area contributed by atoms with Gasteiger partial charge in [0.05, 0.1) is 0 Å². The molecule has 0 aliphatic carbocycles. The SMILES string of the molecule is CC(C=CC=CC=CC(=O)O)=C/C=C/C=C(C)/C=C/C=C(C)/C=C/C(=O)O. The van der Waals surface area contributed by atoms with Crippen LogP contribution >= 0.6 is 0 Å². The molecule has 0 aliphatic heterocycles. The second kappa shape index (κ2) is 14.9. The highest BCUT2D eigenvalue weighted by Crippen LogP contribution is 2.01. The molecule has 27 heavy (non-hydrogen) atoms. The molecule has 0 amide bonds. The van der Waals surface area contributed by atoms with Gasteiger partial charge in [-0.2, -0.15) is 0 Å². The Morgan fingerprint density at radius 1 is 0.481 bits per heavy atom. The van der Waals surface area contributed by atoms with Gasteiger partial charge in [0.1, 0.15) is 0 Å². The minimum atomic E-state index is -0.968. The fourth-order valence-corrected chi connectivity index (χ4v) is 1.61. The molecule has 2 N–H and O–H groups in total. The molecule has 4 heteroatoms. The van der Waals surface area contributed by atoms with Gasteiger partial charge in [0.25, 0.3) is 0 Å². The molecule has 0 atom stereocenters. The van der Waals surface area contributed by atoms with Crippen molar-refractivity contribution < 1.29 is 19.8 Å². The van der Waals surface area contributed by atoms with Crippen LogP contribution in [-0.4, -0.2) is 22.2 Å². The Labute approximate surface area is 160 Å². The summed E-state index contributed by atoms with van der Waals surface area (Å²) in [5.74, 6) is -1.93. The molecule has 0 spiro atoms. The molecular weight excluding hydrogens is 340 g/mol. The van der Waals surface area contributed by atoms with E-state index in [1.165, 1.54) is 6.08 Å². The normalized spacial score (nSPS) is 14.9. The van der Waals surface area contributed by atoms with Crippen molar-refractivity contribution in [2.45, 2.75) is 20.8 Å². The summed E-state index contributed by atoms with van der Waals surface area (Å²) in [5, 5.41) is 17.0. The van der Waals surface area contributed by atoms with Gasteiger partial charge in [-0.1, -0.05) is 95.7 Å². The molecule has 0 rings (SSSR count). The Kier molecular flexibility index (Phi) is 13.0. The smallest absolute Gasteiger partial charge is 0.328 e. The largest absolute Gasteiger partial charge is 0.478 e. The molecule has 0 heterocycles. The summed E-state index contributed by atoms with van der Waals surface area (Å²) in [5.41, 5.74) is 2.98. The summed E-state index contributed by atoms with van der Waals surface area (Å²) < 4.78 is 0. The number of carbonyl (C=O) groups is 2. The lowest BCUT2D eigenvalue weighted by Crippen LogP contribution is -1.85. The zero-order valence-electron chi connectivity index (χ0n) is 15.9. The van der Waals surface area contributed by atoms with Crippen molar-refractivity contribution in [1.29, 1.82) is 0 Å². The molecule has 142 valence electrons. The molecule has 0 aromatic rings. The predicted molar refractivity (Wildman–Crippen MR) is 111 cm³/mol. The van der Waals surface area contributed by atoms with Gasteiger partial charge in [0, 0.05) is 12.2 Å². The fraction of sp³-hybridized carbons (Fsp3) is 0.130. The van der Waals surface area contributed by atoms with Crippen molar-refractivity contribution in [3.63, 3.8) is 0 Å². The van der Waals surface area contributed by atoms with Crippen LogP contribution in [0.5, 0.6) is 0 Å². The summed E-state index contributed by atoms with van der Waals surface area (Å²) in [4.78, 5) is 20.7. The minimum absolute atomic E-state index is 0.856. The van der Waals surface area contributed by atoms with Gasteiger partial charge >= 0.3 is 11.9 Å². The first-order valence-corrected chi connectivity index (χ1v) is 8.33. The summed E-state index contributed by atoms with van der Waals surface area (Å²) in [6.45, 7) is 5.78. The number of carboxylic acid groups (broad SMARTS) is 2. The number of hydrogen-bond donors (Lipinski definition) is 2. The highest BCUT2D eigenvalue weighted by atomic mass is 16.4. The van der Waals surface area contributed by atoms with Gasteiger partial charge in [-0.15, -0.1) is 0 Å². The third-order valence-electron chi connectivity index (χ3n) is 2.97. The average Bonchev–Trinajstić information content (AvgIpc) is 2.59. The van der Waals surface area contributed by atoms with E-state index in [9.17, 15) is 9.59 Å². The molecule has 0 aromatic heterocycles. The molecule has 0 aliphatic rings. The van der Waals surface area contributed by atoms with Crippen LogP contribution in [0.3, 0.4) is 0 Å². The summed E-state index contributed by atoms with van der Waals surface area (Å²) in [7, 11) is 0. The molecule has 0 bridgehead atoms. The van der Waals surface area contributed by atoms with E-state index in [4.69, 9.17) is 10.2 Å². The third-order valence-corrected chi connectivity index (χ3v) is 2.97. The van der Waals surface area contributed by atoms with E-state index in [2.05, 4.69) is 0 Å². The van der Waals surface area contributed by atoms with E-state index in [0.29, 0.717) is 0 Å². The van der Waals surface area contributed by atoms with Crippen LogP contribution in [0.2, 0.25) is 0 Å². The first kappa shape index (κ1) is 23.6. The average molecular weight is 366 g/mol. The molecular formula is C23H26O4. The molecule has 4 nitrogen and oxygen atoms in total. The fourth-order valence-electron chi connectivity index (χ4n) is 1.61. The number of carboxylic acids is 2. The first-order valence-electron chi connectivity index (χ1n) is 8.33. The molecule has 0 unspecified atom stereocenters. The van der Waals surface area contributed by atoms with Gasteiger partial charge in [0.15, 0.2) is 0 Å². The molecule has 0 saturated heterocycles. The Morgan fingerprint density at radius 3 is 1.41 bits per heavy atom. The van der Waals surface area contributed by atoms with E-state index >= 15 is 0 Å². The summed E-state index contributed by atoms with van der Waals surface area (Å²) >= 11 is 0. The van der Waals surface area contributed by atoms with Crippen LogP contribution in [0.25, 0.3) is 0 Å². The Hall–Kier alpha value is -3.40. The van der Waals surface area contributed by atoms with Crippen LogP contribution in [0.1, 0.15) is 20.8 Å². The topological polar surface area (TPSA) is 74.6 Å². The monoisotopic (exact) mass is 366 g/mol. The van der Waals surface area contributed by atoms with Crippen molar-refractivity contribution in [1.82, 2.24) is 0 Å². The third kappa shape index (κ3) is 17.2. The van der Waals surface area contributed by atoms with Crippen molar-refractivity contribution in [3.8, 4) is 0 Å². The molecule has 0 fully saturated rings. The van der Waals surface area contributed by atoms with Crippen molar-refractivity contribution in [3.05, 3.63) is 108 Å². The Bertz CT molecular complexity index is 764. The van der Waals surface area contributed by atoms with Gasteiger partial charge in [-0.25, -0.2) is 9.59 Å². The van der Waals surface area contributed by atoms with Gasteiger partial charge in [-0.3, -0.25) is 0 Å². The van der Waals surface area contributed by atoms with E-state index in [-0.39, 0.29) is 0 Å². The molecule has 0 aromatic carbocycles. The van der Waals surface area contributed by atoms with Crippen LogP contribution in [0.4, 0.5) is 0 Å². The summed E-state index contributed by atoms with van der Waals surface area (Å²) in [6, 6.07) is 0. The van der Waals surface area contributed by atoms with Crippen molar-refractivity contribution in [2.24, 2.45) is 0 Å². The minimum Gasteiger partial charge on any atom is -0.478 e. The molecule has 0 radical (unpaired) electrons. The van der Waals surface area contributed by atoms with Gasteiger partial charge in [0.2, 0.25) is 0 Å². The lowest BCUT2D eigenvalue weighted by Gasteiger charge is -1.90. The Morgan fingerprint density at radius 2 is 0.889 bits per heavy atom. The van der Waals surface area contributed by atoms with E-state index in [1.807, 2.05) is 75.5 Å².